The lowest BCUT2D eigenvalue weighted by Crippen LogP contribution is -1.96. The SMILES string of the molecule is O[C@H]1COc2ccccc21. The molecule has 1 heterocycles. The van der Waals surface area contributed by atoms with Gasteiger partial charge in [0.25, 0.3) is 0 Å². The zero-order valence-corrected chi connectivity index (χ0v) is 5.45. The van der Waals surface area contributed by atoms with Crippen molar-refractivity contribution in [3.63, 3.8) is 0 Å². The Morgan fingerprint density at radius 2 is 2.20 bits per heavy atom. The van der Waals surface area contributed by atoms with Crippen LogP contribution < -0.4 is 4.74 Å². The third-order valence-corrected chi connectivity index (χ3v) is 1.67. The minimum absolute atomic E-state index is 0.402. The zero-order valence-electron chi connectivity index (χ0n) is 5.45. The minimum Gasteiger partial charge on any atom is -0.490 e. The molecule has 1 aliphatic rings. The first-order valence-corrected chi connectivity index (χ1v) is 3.28. The average Bonchev–Trinajstić information content (AvgIpc) is 2.34. The predicted molar refractivity (Wildman–Crippen MR) is 36.9 cm³/mol. The molecule has 1 aliphatic heterocycles. The first-order chi connectivity index (χ1) is 4.88. The maximum absolute atomic E-state index is 9.26. The van der Waals surface area contributed by atoms with E-state index in [0.717, 1.165) is 11.3 Å². The van der Waals surface area contributed by atoms with E-state index >= 15 is 0 Å². The smallest absolute Gasteiger partial charge is 0.125 e. The largest absolute Gasteiger partial charge is 0.490 e. The summed E-state index contributed by atoms with van der Waals surface area (Å²) in [7, 11) is 0. The van der Waals surface area contributed by atoms with Crippen LogP contribution in [-0.4, -0.2) is 11.7 Å². The van der Waals surface area contributed by atoms with E-state index in [9.17, 15) is 5.11 Å². The number of ether oxygens (including phenoxy) is 1. The molecular formula is C8H8O2. The number of aliphatic hydroxyl groups excluding tert-OH is 1. The van der Waals surface area contributed by atoms with Gasteiger partial charge in [0.05, 0.1) is 0 Å². The highest BCUT2D eigenvalue weighted by molar-refractivity contribution is 5.37. The van der Waals surface area contributed by atoms with Gasteiger partial charge in [0.2, 0.25) is 0 Å². The Hall–Kier alpha value is -1.02. The highest BCUT2D eigenvalue weighted by Gasteiger charge is 2.19. The van der Waals surface area contributed by atoms with Gasteiger partial charge in [0, 0.05) is 5.56 Å². The van der Waals surface area contributed by atoms with Crippen LogP contribution in [0.25, 0.3) is 0 Å². The third-order valence-electron chi connectivity index (χ3n) is 1.67. The van der Waals surface area contributed by atoms with Crippen molar-refractivity contribution in [1.82, 2.24) is 0 Å². The van der Waals surface area contributed by atoms with E-state index in [4.69, 9.17) is 4.74 Å². The number of aliphatic hydroxyl groups is 1. The Balaban J connectivity index is 2.51. The lowest BCUT2D eigenvalue weighted by atomic mass is 10.1. The normalized spacial score (nSPS) is 21.9. The Morgan fingerprint density at radius 3 is 3.00 bits per heavy atom. The van der Waals surface area contributed by atoms with E-state index in [-0.39, 0.29) is 0 Å². The first kappa shape index (κ1) is 5.74. The maximum Gasteiger partial charge on any atom is 0.125 e. The van der Waals surface area contributed by atoms with E-state index < -0.39 is 6.10 Å². The van der Waals surface area contributed by atoms with Crippen molar-refractivity contribution in [2.24, 2.45) is 0 Å². The second kappa shape index (κ2) is 1.99. The van der Waals surface area contributed by atoms with Crippen LogP contribution in [0.3, 0.4) is 0 Å². The fraction of sp³-hybridized carbons (Fsp3) is 0.250. The van der Waals surface area contributed by atoms with Gasteiger partial charge in [-0.3, -0.25) is 0 Å². The molecule has 0 aliphatic carbocycles. The lowest BCUT2D eigenvalue weighted by Gasteiger charge is -1.96. The maximum atomic E-state index is 9.26. The molecule has 2 nitrogen and oxygen atoms in total. The van der Waals surface area contributed by atoms with Gasteiger partial charge < -0.3 is 9.84 Å². The van der Waals surface area contributed by atoms with Crippen molar-refractivity contribution < 1.29 is 9.84 Å². The van der Waals surface area contributed by atoms with Gasteiger partial charge in [-0.05, 0) is 6.07 Å². The van der Waals surface area contributed by atoms with Crippen LogP contribution in [0.4, 0.5) is 0 Å². The van der Waals surface area contributed by atoms with E-state index in [1.807, 2.05) is 24.3 Å². The van der Waals surface area contributed by atoms with E-state index in [1.54, 1.807) is 0 Å². The Kier molecular flexibility index (Phi) is 1.14. The van der Waals surface area contributed by atoms with Crippen LogP contribution in [-0.2, 0) is 0 Å². The highest BCUT2D eigenvalue weighted by atomic mass is 16.5. The molecule has 0 fully saturated rings. The van der Waals surface area contributed by atoms with E-state index in [2.05, 4.69) is 0 Å². The van der Waals surface area contributed by atoms with Gasteiger partial charge in [0.15, 0.2) is 0 Å². The fourth-order valence-electron chi connectivity index (χ4n) is 1.15. The number of hydrogen-bond donors (Lipinski definition) is 1. The molecule has 0 unspecified atom stereocenters. The Morgan fingerprint density at radius 1 is 1.40 bits per heavy atom. The van der Waals surface area contributed by atoms with Crippen LogP contribution in [0.2, 0.25) is 0 Å². The summed E-state index contributed by atoms with van der Waals surface area (Å²) in [6.45, 7) is 0.402. The van der Waals surface area contributed by atoms with Crippen molar-refractivity contribution in [2.75, 3.05) is 6.61 Å². The van der Waals surface area contributed by atoms with Crippen LogP contribution in [0.1, 0.15) is 11.7 Å². The summed E-state index contributed by atoms with van der Waals surface area (Å²) in [5.41, 5.74) is 0.905. The number of hydrogen-bond acceptors (Lipinski definition) is 2. The second-order valence-corrected chi connectivity index (χ2v) is 2.36. The molecule has 1 N–H and O–H groups in total. The molecule has 0 amide bonds. The molecule has 10 heavy (non-hydrogen) atoms. The number of benzene rings is 1. The summed E-state index contributed by atoms with van der Waals surface area (Å²) in [5, 5.41) is 9.26. The molecule has 1 aromatic rings. The van der Waals surface area contributed by atoms with Crippen LogP contribution in [0, 0.1) is 0 Å². The molecule has 0 radical (unpaired) electrons. The number of fused-ring (bicyclic) bond motifs is 1. The number of para-hydroxylation sites is 1. The van der Waals surface area contributed by atoms with Crippen molar-refractivity contribution in [1.29, 1.82) is 0 Å². The third kappa shape index (κ3) is 0.693. The van der Waals surface area contributed by atoms with Gasteiger partial charge in [-0.15, -0.1) is 0 Å². The highest BCUT2D eigenvalue weighted by Crippen LogP contribution is 2.30. The molecule has 52 valence electrons. The standard InChI is InChI=1S/C8H8O2/c9-7-5-10-8-4-2-1-3-6(7)8/h1-4,7,9H,5H2/t7-/m0/s1. The van der Waals surface area contributed by atoms with Crippen molar-refractivity contribution in [2.45, 2.75) is 6.10 Å². The lowest BCUT2D eigenvalue weighted by molar-refractivity contribution is 0.140. The topological polar surface area (TPSA) is 29.5 Å². The minimum atomic E-state index is -0.420. The summed E-state index contributed by atoms with van der Waals surface area (Å²) in [4.78, 5) is 0. The number of rotatable bonds is 0. The Labute approximate surface area is 59.1 Å². The van der Waals surface area contributed by atoms with Gasteiger partial charge in [-0.2, -0.15) is 0 Å². The molecule has 0 aromatic heterocycles. The van der Waals surface area contributed by atoms with Crippen LogP contribution >= 0.6 is 0 Å². The first-order valence-electron chi connectivity index (χ1n) is 3.28. The average molecular weight is 136 g/mol. The van der Waals surface area contributed by atoms with E-state index in [1.165, 1.54) is 0 Å². The quantitative estimate of drug-likeness (QED) is 0.579. The van der Waals surface area contributed by atoms with Gasteiger partial charge in [0.1, 0.15) is 18.5 Å². The molecule has 1 aromatic carbocycles. The summed E-state index contributed by atoms with van der Waals surface area (Å²) >= 11 is 0. The summed E-state index contributed by atoms with van der Waals surface area (Å²) in [5.74, 6) is 0.815. The predicted octanol–water partition coefficient (Wildman–Crippen LogP) is 1.11. The molecule has 0 saturated heterocycles. The van der Waals surface area contributed by atoms with Crippen LogP contribution in [0.15, 0.2) is 24.3 Å². The Bertz CT molecular complexity index is 245. The monoisotopic (exact) mass is 136 g/mol. The van der Waals surface area contributed by atoms with E-state index in [0.29, 0.717) is 6.61 Å². The van der Waals surface area contributed by atoms with Gasteiger partial charge in [-0.1, -0.05) is 18.2 Å². The summed E-state index contributed by atoms with van der Waals surface area (Å²) in [6.07, 6.45) is -0.420. The molecule has 2 rings (SSSR count). The molecule has 0 saturated carbocycles. The zero-order chi connectivity index (χ0) is 6.97. The second-order valence-electron chi connectivity index (χ2n) is 2.36. The summed E-state index contributed by atoms with van der Waals surface area (Å²) in [6, 6.07) is 7.55. The van der Waals surface area contributed by atoms with Crippen molar-refractivity contribution in [3.8, 4) is 5.75 Å². The van der Waals surface area contributed by atoms with Crippen molar-refractivity contribution >= 4 is 0 Å². The van der Waals surface area contributed by atoms with Gasteiger partial charge >= 0.3 is 0 Å². The van der Waals surface area contributed by atoms with Crippen molar-refractivity contribution in [3.05, 3.63) is 29.8 Å². The van der Waals surface area contributed by atoms with Crippen LogP contribution in [0.5, 0.6) is 5.75 Å². The molecule has 0 bridgehead atoms. The molecular weight excluding hydrogens is 128 g/mol. The summed E-state index contributed by atoms with van der Waals surface area (Å²) < 4.78 is 5.16. The fourth-order valence-corrected chi connectivity index (χ4v) is 1.15. The molecule has 2 heteroatoms. The molecule has 1 atom stereocenters. The molecule has 0 spiro atoms. The van der Waals surface area contributed by atoms with Gasteiger partial charge in [-0.25, -0.2) is 0 Å².